The first-order valence-corrected chi connectivity index (χ1v) is 3.40. The van der Waals surface area contributed by atoms with Gasteiger partial charge in [0.1, 0.15) is 5.82 Å². The van der Waals surface area contributed by atoms with Crippen LogP contribution in [0.2, 0.25) is 5.02 Å². The standard InChI is InChI=1S/C6H6ClN3O2/c1-12-6(11)5-3(7)2-4(8)9-10-5/h2H,1H3,(H2,8,9). The van der Waals surface area contributed by atoms with Gasteiger partial charge in [-0.25, -0.2) is 4.79 Å². The molecule has 1 heterocycles. The monoisotopic (exact) mass is 187 g/mol. The van der Waals surface area contributed by atoms with Crippen molar-refractivity contribution in [3.05, 3.63) is 16.8 Å². The van der Waals surface area contributed by atoms with E-state index in [4.69, 9.17) is 17.3 Å². The van der Waals surface area contributed by atoms with Crippen LogP contribution in [0.5, 0.6) is 0 Å². The van der Waals surface area contributed by atoms with Gasteiger partial charge in [-0.1, -0.05) is 11.6 Å². The average Bonchev–Trinajstić information content (AvgIpc) is 2.03. The van der Waals surface area contributed by atoms with Crippen LogP contribution in [0.1, 0.15) is 10.5 Å². The van der Waals surface area contributed by atoms with Crippen LogP contribution in [0.3, 0.4) is 0 Å². The fourth-order valence-electron chi connectivity index (χ4n) is 0.618. The third-order valence-electron chi connectivity index (χ3n) is 1.15. The van der Waals surface area contributed by atoms with E-state index in [0.29, 0.717) is 0 Å². The van der Waals surface area contributed by atoms with E-state index in [1.54, 1.807) is 0 Å². The largest absolute Gasteiger partial charge is 0.464 e. The molecule has 0 atom stereocenters. The fraction of sp³-hybridized carbons (Fsp3) is 0.167. The number of halogens is 1. The summed E-state index contributed by atoms with van der Waals surface area (Å²) in [5.74, 6) is -0.472. The zero-order valence-electron chi connectivity index (χ0n) is 6.24. The molecular weight excluding hydrogens is 182 g/mol. The van der Waals surface area contributed by atoms with Crippen LogP contribution >= 0.6 is 11.6 Å². The van der Waals surface area contributed by atoms with Gasteiger partial charge in [-0.05, 0) is 0 Å². The summed E-state index contributed by atoms with van der Waals surface area (Å²) in [6.07, 6.45) is 0. The smallest absolute Gasteiger partial charge is 0.360 e. The zero-order valence-corrected chi connectivity index (χ0v) is 7.00. The first-order valence-electron chi connectivity index (χ1n) is 3.02. The van der Waals surface area contributed by atoms with E-state index in [-0.39, 0.29) is 16.5 Å². The van der Waals surface area contributed by atoms with Crippen molar-refractivity contribution in [1.29, 1.82) is 0 Å². The number of carbonyl (C=O) groups excluding carboxylic acids is 1. The molecule has 0 aliphatic heterocycles. The van der Waals surface area contributed by atoms with E-state index in [1.807, 2.05) is 0 Å². The molecule has 1 rings (SSSR count). The molecule has 0 saturated carbocycles. The maximum absolute atomic E-state index is 10.9. The molecule has 0 saturated heterocycles. The molecule has 5 nitrogen and oxygen atoms in total. The van der Waals surface area contributed by atoms with Crippen LogP contribution in [0.25, 0.3) is 0 Å². The number of rotatable bonds is 1. The maximum atomic E-state index is 10.9. The van der Waals surface area contributed by atoms with Crippen LogP contribution in [0.4, 0.5) is 5.82 Å². The Labute approximate surface area is 73.5 Å². The average molecular weight is 188 g/mol. The molecule has 0 spiro atoms. The Balaban J connectivity index is 3.09. The number of nitrogen functional groups attached to an aromatic ring is 1. The molecule has 0 unspecified atom stereocenters. The molecule has 1 aromatic rings. The quantitative estimate of drug-likeness (QED) is 0.648. The summed E-state index contributed by atoms with van der Waals surface area (Å²) in [5.41, 5.74) is 5.23. The van der Waals surface area contributed by atoms with E-state index in [1.165, 1.54) is 13.2 Å². The molecule has 0 aromatic carbocycles. The SMILES string of the molecule is COC(=O)c1nnc(N)cc1Cl. The molecule has 0 radical (unpaired) electrons. The Morgan fingerprint density at radius 3 is 2.83 bits per heavy atom. The van der Waals surface area contributed by atoms with Gasteiger partial charge in [0.2, 0.25) is 0 Å². The van der Waals surface area contributed by atoms with E-state index in [0.717, 1.165) is 0 Å². The number of ether oxygens (including phenoxy) is 1. The molecule has 64 valence electrons. The highest BCUT2D eigenvalue weighted by molar-refractivity contribution is 6.33. The second kappa shape index (κ2) is 3.36. The van der Waals surface area contributed by atoms with Crippen LogP contribution in [0, 0.1) is 0 Å². The van der Waals surface area contributed by atoms with Crippen LogP contribution < -0.4 is 5.73 Å². The van der Waals surface area contributed by atoms with Crippen molar-refractivity contribution in [3.8, 4) is 0 Å². The number of methoxy groups -OCH3 is 1. The highest BCUT2D eigenvalue weighted by Crippen LogP contribution is 2.14. The van der Waals surface area contributed by atoms with Crippen LogP contribution in [-0.4, -0.2) is 23.3 Å². The van der Waals surface area contributed by atoms with Gasteiger partial charge in [-0.2, -0.15) is 0 Å². The van der Waals surface area contributed by atoms with Gasteiger partial charge < -0.3 is 10.5 Å². The van der Waals surface area contributed by atoms with Gasteiger partial charge in [-0.15, -0.1) is 10.2 Å². The minimum absolute atomic E-state index is 0.0339. The molecule has 0 aliphatic rings. The van der Waals surface area contributed by atoms with Crippen LogP contribution in [-0.2, 0) is 4.74 Å². The lowest BCUT2D eigenvalue weighted by Gasteiger charge is -1.99. The molecule has 1 aromatic heterocycles. The van der Waals surface area contributed by atoms with Gasteiger partial charge in [0, 0.05) is 6.07 Å². The van der Waals surface area contributed by atoms with E-state index in [2.05, 4.69) is 14.9 Å². The number of hydrogen-bond donors (Lipinski definition) is 1. The first kappa shape index (κ1) is 8.73. The predicted molar refractivity (Wildman–Crippen MR) is 42.8 cm³/mol. The summed E-state index contributed by atoms with van der Waals surface area (Å²) in [6, 6.07) is 1.33. The zero-order chi connectivity index (χ0) is 9.14. The van der Waals surface area contributed by atoms with Crippen molar-refractivity contribution >= 4 is 23.4 Å². The second-order valence-corrected chi connectivity index (χ2v) is 2.36. The summed E-state index contributed by atoms with van der Waals surface area (Å²) in [6.45, 7) is 0. The number of nitrogens with zero attached hydrogens (tertiary/aromatic N) is 2. The number of anilines is 1. The molecule has 6 heteroatoms. The Morgan fingerprint density at radius 2 is 2.33 bits per heavy atom. The third kappa shape index (κ3) is 1.62. The number of esters is 1. The van der Waals surface area contributed by atoms with Crippen molar-refractivity contribution in [3.63, 3.8) is 0 Å². The van der Waals surface area contributed by atoms with Gasteiger partial charge >= 0.3 is 5.97 Å². The van der Waals surface area contributed by atoms with Gasteiger partial charge in [0.15, 0.2) is 5.69 Å². The van der Waals surface area contributed by atoms with Crippen molar-refractivity contribution in [2.45, 2.75) is 0 Å². The van der Waals surface area contributed by atoms with Crippen LogP contribution in [0.15, 0.2) is 6.07 Å². The van der Waals surface area contributed by atoms with Crippen molar-refractivity contribution in [1.82, 2.24) is 10.2 Å². The lowest BCUT2D eigenvalue weighted by atomic mass is 10.4. The number of aromatic nitrogens is 2. The maximum Gasteiger partial charge on any atom is 0.360 e. The highest BCUT2D eigenvalue weighted by atomic mass is 35.5. The fourth-order valence-corrected chi connectivity index (χ4v) is 0.844. The number of carbonyl (C=O) groups is 1. The Bertz CT molecular complexity index is 316. The summed E-state index contributed by atoms with van der Waals surface area (Å²) in [5, 5.41) is 7.05. The topological polar surface area (TPSA) is 78.1 Å². The van der Waals surface area contributed by atoms with Gasteiger partial charge in [-0.3, -0.25) is 0 Å². The summed E-state index contributed by atoms with van der Waals surface area (Å²) < 4.78 is 4.39. The molecule has 0 amide bonds. The molecule has 0 fully saturated rings. The lowest BCUT2D eigenvalue weighted by molar-refractivity contribution is 0.0593. The number of nitrogens with two attached hydrogens (primary N) is 1. The summed E-state index contributed by atoms with van der Waals surface area (Å²) in [4.78, 5) is 10.9. The molecule has 2 N–H and O–H groups in total. The van der Waals surface area contributed by atoms with Crippen molar-refractivity contribution in [2.24, 2.45) is 0 Å². The number of hydrogen-bond acceptors (Lipinski definition) is 5. The summed E-state index contributed by atoms with van der Waals surface area (Å²) in [7, 11) is 1.23. The first-order chi connectivity index (χ1) is 5.65. The molecule has 12 heavy (non-hydrogen) atoms. The second-order valence-electron chi connectivity index (χ2n) is 1.96. The third-order valence-corrected chi connectivity index (χ3v) is 1.43. The minimum atomic E-state index is -0.632. The Morgan fingerprint density at radius 1 is 1.67 bits per heavy atom. The Kier molecular flexibility index (Phi) is 2.44. The summed E-state index contributed by atoms with van der Waals surface area (Å²) >= 11 is 5.62. The highest BCUT2D eigenvalue weighted by Gasteiger charge is 2.12. The predicted octanol–water partition coefficient (Wildman–Crippen LogP) is 0.499. The van der Waals surface area contributed by atoms with Crippen molar-refractivity contribution in [2.75, 3.05) is 12.8 Å². The lowest BCUT2D eigenvalue weighted by Crippen LogP contribution is -2.07. The molecule has 0 bridgehead atoms. The molecular formula is C6H6ClN3O2. The Hall–Kier alpha value is -1.36. The van der Waals surface area contributed by atoms with Gasteiger partial charge in [0.25, 0.3) is 0 Å². The minimum Gasteiger partial charge on any atom is -0.464 e. The normalized spacial score (nSPS) is 9.50. The van der Waals surface area contributed by atoms with E-state index < -0.39 is 5.97 Å². The molecule has 0 aliphatic carbocycles. The van der Waals surface area contributed by atoms with Gasteiger partial charge in [0.05, 0.1) is 12.1 Å². The van der Waals surface area contributed by atoms with Crippen molar-refractivity contribution < 1.29 is 9.53 Å². The van der Waals surface area contributed by atoms with E-state index >= 15 is 0 Å². The van der Waals surface area contributed by atoms with E-state index in [9.17, 15) is 4.79 Å².